The van der Waals surface area contributed by atoms with Gasteiger partial charge in [0.25, 0.3) is 0 Å². The Morgan fingerprint density at radius 3 is 2.51 bits per heavy atom. The van der Waals surface area contributed by atoms with Gasteiger partial charge in [0.2, 0.25) is 0 Å². The van der Waals surface area contributed by atoms with Crippen LogP contribution in [0.2, 0.25) is 0 Å². The number of ether oxygens (including phenoxy) is 1. The van der Waals surface area contributed by atoms with Crippen molar-refractivity contribution in [2.24, 2.45) is 0 Å². The number of nitrogens with zero attached hydrogens (tertiary/aromatic N) is 5. The zero-order chi connectivity index (χ0) is 24.2. The zero-order valence-electron chi connectivity index (χ0n) is 20.8. The smallest absolute Gasteiger partial charge is 0.317 e. The first-order chi connectivity index (χ1) is 17.0. The molecule has 2 N–H and O–H groups in total. The molecule has 9 heteroatoms. The number of hydrogen-bond donors (Lipinski definition) is 2. The van der Waals surface area contributed by atoms with Crippen LogP contribution in [0, 0.1) is 0 Å². The number of carbonyl (C=O) groups is 1. The second kappa shape index (κ2) is 10.8. The minimum Gasteiger partial charge on any atom is -0.378 e. The Labute approximate surface area is 207 Å². The highest BCUT2D eigenvalue weighted by Gasteiger charge is 2.30. The Kier molecular flexibility index (Phi) is 7.34. The van der Waals surface area contributed by atoms with Gasteiger partial charge in [0.05, 0.1) is 31.6 Å². The number of nitrogens with one attached hydrogen (secondary N) is 2. The number of rotatable bonds is 6. The van der Waals surface area contributed by atoms with Crippen LogP contribution in [0.1, 0.15) is 37.2 Å². The van der Waals surface area contributed by atoms with Crippen LogP contribution in [0.5, 0.6) is 0 Å². The van der Waals surface area contributed by atoms with Gasteiger partial charge >= 0.3 is 6.03 Å². The van der Waals surface area contributed by atoms with Crippen LogP contribution in [-0.4, -0.2) is 91.4 Å². The summed E-state index contributed by atoms with van der Waals surface area (Å²) in [5.74, 6) is 2.19. The van der Waals surface area contributed by atoms with Gasteiger partial charge in [0.1, 0.15) is 5.82 Å². The summed E-state index contributed by atoms with van der Waals surface area (Å²) in [4.78, 5) is 27.6. The number of amides is 2. The molecule has 1 atom stereocenters. The lowest BCUT2D eigenvalue weighted by molar-refractivity contribution is -0.0712. The van der Waals surface area contributed by atoms with Crippen molar-refractivity contribution in [3.63, 3.8) is 0 Å². The fraction of sp³-hybridized carbons (Fsp3) is 0.577. The van der Waals surface area contributed by atoms with Crippen molar-refractivity contribution >= 4 is 23.4 Å². The number of aromatic nitrogens is 2. The van der Waals surface area contributed by atoms with E-state index in [0.29, 0.717) is 12.0 Å². The third kappa shape index (κ3) is 5.85. The highest BCUT2D eigenvalue weighted by atomic mass is 16.5. The number of carbonyl (C=O) groups excluding carboxylic acids is 1. The molecule has 0 saturated carbocycles. The van der Waals surface area contributed by atoms with Gasteiger partial charge in [-0.1, -0.05) is 12.1 Å². The highest BCUT2D eigenvalue weighted by Crippen LogP contribution is 2.31. The monoisotopic (exact) mass is 479 g/mol. The van der Waals surface area contributed by atoms with Gasteiger partial charge in [0.15, 0.2) is 5.82 Å². The average Bonchev–Trinajstić information content (AvgIpc) is 2.84. The summed E-state index contributed by atoms with van der Waals surface area (Å²) >= 11 is 0. The van der Waals surface area contributed by atoms with E-state index in [4.69, 9.17) is 9.72 Å². The van der Waals surface area contributed by atoms with Crippen molar-refractivity contribution in [3.05, 3.63) is 42.2 Å². The molecule has 2 aromatic rings. The molecule has 2 amide bonds. The van der Waals surface area contributed by atoms with E-state index in [1.54, 1.807) is 31.4 Å². The molecular weight excluding hydrogens is 442 g/mol. The van der Waals surface area contributed by atoms with Crippen LogP contribution in [0.15, 0.2) is 36.7 Å². The number of hydrogen-bond acceptors (Lipinski definition) is 7. The molecule has 9 nitrogen and oxygen atoms in total. The van der Waals surface area contributed by atoms with Gasteiger partial charge in [-0.2, -0.15) is 0 Å². The summed E-state index contributed by atoms with van der Waals surface area (Å²) in [6.07, 6.45) is 7.96. The van der Waals surface area contributed by atoms with Gasteiger partial charge in [-0.15, -0.1) is 0 Å². The molecule has 0 radical (unpaired) electrons. The van der Waals surface area contributed by atoms with E-state index >= 15 is 0 Å². The Morgan fingerprint density at radius 1 is 1.06 bits per heavy atom. The van der Waals surface area contributed by atoms with E-state index in [9.17, 15) is 4.79 Å². The summed E-state index contributed by atoms with van der Waals surface area (Å²) in [6.45, 7) is 5.78. The number of anilines is 3. The lowest BCUT2D eigenvalue weighted by atomic mass is 9.88. The normalized spacial score (nSPS) is 21.9. The third-order valence-corrected chi connectivity index (χ3v) is 7.42. The molecule has 1 aromatic heterocycles. The Bertz CT molecular complexity index is 987. The van der Waals surface area contributed by atoms with Crippen LogP contribution in [0.4, 0.5) is 22.1 Å². The van der Waals surface area contributed by atoms with Crippen molar-refractivity contribution in [1.29, 1.82) is 0 Å². The zero-order valence-corrected chi connectivity index (χ0v) is 20.8. The number of benzene rings is 1. The summed E-state index contributed by atoms with van der Waals surface area (Å²) < 4.78 is 5.35. The molecule has 3 aliphatic heterocycles. The SMILES string of the molecule is CN(C)C(=O)N[C@@H]1CCCN(c2cncc(Nc3ccc(C4CCN(C5COC5)CC4)cc3)n2)C1. The van der Waals surface area contributed by atoms with Gasteiger partial charge in [-0.05, 0) is 62.4 Å². The second-order valence-electron chi connectivity index (χ2n) is 10.1. The minimum absolute atomic E-state index is 0.0553. The molecule has 0 aliphatic carbocycles. The molecule has 35 heavy (non-hydrogen) atoms. The Balaban J connectivity index is 1.16. The highest BCUT2D eigenvalue weighted by molar-refractivity contribution is 5.74. The van der Waals surface area contributed by atoms with Crippen LogP contribution >= 0.6 is 0 Å². The fourth-order valence-electron chi connectivity index (χ4n) is 5.19. The maximum absolute atomic E-state index is 12.0. The first-order valence-corrected chi connectivity index (χ1v) is 12.8. The maximum atomic E-state index is 12.0. The number of likely N-dealkylation sites (tertiary alicyclic amines) is 1. The predicted molar refractivity (Wildman–Crippen MR) is 137 cm³/mol. The number of piperidine rings is 2. The van der Waals surface area contributed by atoms with E-state index < -0.39 is 0 Å². The molecule has 0 unspecified atom stereocenters. The molecular formula is C26H37N7O2. The lowest BCUT2D eigenvalue weighted by Crippen LogP contribution is -2.51. The lowest BCUT2D eigenvalue weighted by Gasteiger charge is -2.41. The average molecular weight is 480 g/mol. The fourth-order valence-corrected chi connectivity index (χ4v) is 5.19. The molecule has 5 rings (SSSR count). The summed E-state index contributed by atoms with van der Waals surface area (Å²) in [5, 5.41) is 6.50. The quantitative estimate of drug-likeness (QED) is 0.659. The first kappa shape index (κ1) is 23.8. The van der Waals surface area contributed by atoms with Gasteiger partial charge in [-0.25, -0.2) is 9.78 Å². The van der Waals surface area contributed by atoms with E-state index in [2.05, 4.69) is 49.7 Å². The van der Waals surface area contributed by atoms with Crippen LogP contribution in [0.3, 0.4) is 0 Å². The molecule has 3 aliphatic rings. The topological polar surface area (TPSA) is 85.9 Å². The molecule has 0 bridgehead atoms. The van der Waals surface area contributed by atoms with E-state index in [1.165, 1.54) is 18.4 Å². The van der Waals surface area contributed by atoms with Crippen LogP contribution in [-0.2, 0) is 4.74 Å². The Morgan fingerprint density at radius 2 is 1.83 bits per heavy atom. The largest absolute Gasteiger partial charge is 0.378 e. The second-order valence-corrected chi connectivity index (χ2v) is 10.1. The molecule has 3 saturated heterocycles. The Hall–Kier alpha value is -2.91. The van der Waals surface area contributed by atoms with E-state index in [-0.39, 0.29) is 12.1 Å². The van der Waals surface area contributed by atoms with Gasteiger partial charge < -0.3 is 25.2 Å². The maximum Gasteiger partial charge on any atom is 0.317 e. The van der Waals surface area contributed by atoms with Crippen molar-refractivity contribution in [2.45, 2.75) is 43.7 Å². The molecule has 4 heterocycles. The standard InChI is InChI=1S/C26H37N7O2/c1-31(2)26(34)29-22-4-3-11-33(16-22)25-15-27-14-24(30-25)28-21-7-5-19(6-8-21)20-9-12-32(13-10-20)23-17-35-18-23/h5-8,14-15,20,22-23H,3-4,9-13,16-18H2,1-2H3,(H,28,30)(H,29,34)/t22-/m1/s1. The number of urea groups is 1. The minimum atomic E-state index is -0.0553. The first-order valence-electron chi connectivity index (χ1n) is 12.8. The third-order valence-electron chi connectivity index (χ3n) is 7.42. The molecule has 1 aromatic carbocycles. The summed E-state index contributed by atoms with van der Waals surface area (Å²) in [6, 6.07) is 9.47. The van der Waals surface area contributed by atoms with Gasteiger partial charge in [-0.3, -0.25) is 9.88 Å². The molecule has 3 fully saturated rings. The van der Waals surface area contributed by atoms with E-state index in [1.807, 2.05) is 0 Å². The van der Waals surface area contributed by atoms with Crippen LogP contribution in [0.25, 0.3) is 0 Å². The molecule has 188 valence electrons. The van der Waals surface area contributed by atoms with Crippen molar-refractivity contribution in [2.75, 3.05) is 63.7 Å². The summed E-state index contributed by atoms with van der Waals surface area (Å²) in [5.41, 5.74) is 2.43. The van der Waals surface area contributed by atoms with Gasteiger partial charge in [0, 0.05) is 38.9 Å². The van der Waals surface area contributed by atoms with Crippen molar-refractivity contribution < 1.29 is 9.53 Å². The predicted octanol–water partition coefficient (Wildman–Crippen LogP) is 3.04. The van der Waals surface area contributed by atoms with E-state index in [0.717, 1.165) is 69.6 Å². The van der Waals surface area contributed by atoms with Crippen molar-refractivity contribution in [1.82, 2.24) is 25.1 Å². The summed E-state index contributed by atoms with van der Waals surface area (Å²) in [7, 11) is 3.52. The molecule has 0 spiro atoms. The van der Waals surface area contributed by atoms with Crippen molar-refractivity contribution in [3.8, 4) is 0 Å². The van der Waals surface area contributed by atoms with Crippen LogP contribution < -0.4 is 15.5 Å².